The number of rotatable bonds is 5. The SMILES string of the molecule is COc1ccc(OCCc2cccnc2)c(C#CCCl)c1. The lowest BCUT2D eigenvalue weighted by Crippen LogP contribution is -2.03. The van der Waals surface area contributed by atoms with Crippen LogP contribution in [0.2, 0.25) is 0 Å². The standard InChI is InChI=1S/C17H16ClNO2/c1-20-16-6-7-17(15(12-16)5-2-9-18)21-11-8-14-4-3-10-19-13-14/h3-4,6-7,10,12-13H,8-9,11H2,1H3. The van der Waals surface area contributed by atoms with E-state index in [9.17, 15) is 0 Å². The van der Waals surface area contributed by atoms with E-state index in [0.29, 0.717) is 6.61 Å². The van der Waals surface area contributed by atoms with Crippen molar-refractivity contribution in [2.75, 3.05) is 19.6 Å². The molecule has 2 aromatic rings. The minimum absolute atomic E-state index is 0.284. The molecule has 1 aromatic heterocycles. The molecular weight excluding hydrogens is 286 g/mol. The third kappa shape index (κ3) is 4.70. The van der Waals surface area contributed by atoms with Crippen molar-refractivity contribution in [3.8, 4) is 23.3 Å². The number of alkyl halides is 1. The van der Waals surface area contributed by atoms with E-state index < -0.39 is 0 Å². The number of hydrogen-bond acceptors (Lipinski definition) is 3. The van der Waals surface area contributed by atoms with Gasteiger partial charge in [0.2, 0.25) is 0 Å². The van der Waals surface area contributed by atoms with Crippen molar-refractivity contribution in [1.82, 2.24) is 4.98 Å². The number of ether oxygens (including phenoxy) is 2. The lowest BCUT2D eigenvalue weighted by molar-refractivity contribution is 0.320. The van der Waals surface area contributed by atoms with Gasteiger partial charge in [0, 0.05) is 18.8 Å². The summed E-state index contributed by atoms with van der Waals surface area (Å²) in [5.41, 5.74) is 1.92. The lowest BCUT2D eigenvalue weighted by Gasteiger charge is -2.09. The van der Waals surface area contributed by atoms with Crippen molar-refractivity contribution in [3.05, 3.63) is 53.9 Å². The highest BCUT2D eigenvalue weighted by atomic mass is 35.5. The summed E-state index contributed by atoms with van der Waals surface area (Å²) in [5, 5.41) is 0. The summed E-state index contributed by atoms with van der Waals surface area (Å²) >= 11 is 5.61. The molecule has 0 spiro atoms. The molecule has 3 nitrogen and oxygen atoms in total. The monoisotopic (exact) mass is 301 g/mol. The van der Waals surface area contributed by atoms with Crippen LogP contribution in [0, 0.1) is 11.8 Å². The van der Waals surface area contributed by atoms with Crippen molar-refractivity contribution < 1.29 is 9.47 Å². The Hall–Kier alpha value is -2.18. The van der Waals surface area contributed by atoms with E-state index in [1.807, 2.05) is 36.5 Å². The van der Waals surface area contributed by atoms with Gasteiger partial charge in [0.05, 0.1) is 25.2 Å². The summed E-state index contributed by atoms with van der Waals surface area (Å²) in [7, 11) is 1.62. The second kappa shape index (κ2) is 8.18. The predicted molar refractivity (Wildman–Crippen MR) is 84.0 cm³/mol. The van der Waals surface area contributed by atoms with Gasteiger partial charge in [-0.2, -0.15) is 0 Å². The molecule has 0 bridgehead atoms. The molecule has 108 valence electrons. The average molecular weight is 302 g/mol. The summed E-state index contributed by atoms with van der Waals surface area (Å²) in [5.74, 6) is 7.58. The molecule has 0 fully saturated rings. The van der Waals surface area contributed by atoms with Crippen LogP contribution < -0.4 is 9.47 Å². The van der Waals surface area contributed by atoms with Crippen LogP contribution in [0.1, 0.15) is 11.1 Å². The molecule has 0 aliphatic carbocycles. The fourth-order valence-electron chi connectivity index (χ4n) is 1.81. The molecule has 1 heterocycles. The van der Waals surface area contributed by atoms with Gasteiger partial charge in [-0.3, -0.25) is 4.98 Å². The van der Waals surface area contributed by atoms with Crippen LogP contribution in [-0.4, -0.2) is 24.6 Å². The second-order valence-electron chi connectivity index (χ2n) is 4.26. The topological polar surface area (TPSA) is 31.4 Å². The number of aromatic nitrogens is 1. The van der Waals surface area contributed by atoms with E-state index in [2.05, 4.69) is 16.8 Å². The number of methoxy groups -OCH3 is 1. The fourth-order valence-corrected chi connectivity index (χ4v) is 1.88. The third-order valence-electron chi connectivity index (χ3n) is 2.85. The van der Waals surface area contributed by atoms with Gasteiger partial charge in [-0.25, -0.2) is 0 Å². The molecular formula is C17H16ClNO2. The molecule has 0 aliphatic rings. The van der Waals surface area contributed by atoms with E-state index in [0.717, 1.165) is 29.0 Å². The summed E-state index contributed by atoms with van der Waals surface area (Å²) in [6.07, 6.45) is 4.39. The highest BCUT2D eigenvalue weighted by molar-refractivity contribution is 6.19. The van der Waals surface area contributed by atoms with Crippen LogP contribution in [0.4, 0.5) is 0 Å². The first-order valence-corrected chi connectivity index (χ1v) is 7.11. The van der Waals surface area contributed by atoms with Crippen molar-refractivity contribution in [2.45, 2.75) is 6.42 Å². The van der Waals surface area contributed by atoms with Crippen molar-refractivity contribution in [1.29, 1.82) is 0 Å². The highest BCUT2D eigenvalue weighted by Crippen LogP contribution is 2.23. The smallest absolute Gasteiger partial charge is 0.135 e. The zero-order valence-electron chi connectivity index (χ0n) is 11.8. The van der Waals surface area contributed by atoms with Gasteiger partial charge in [-0.1, -0.05) is 17.9 Å². The maximum absolute atomic E-state index is 5.81. The number of nitrogens with zero attached hydrogens (tertiary/aromatic N) is 1. The van der Waals surface area contributed by atoms with E-state index in [4.69, 9.17) is 21.1 Å². The lowest BCUT2D eigenvalue weighted by atomic mass is 10.2. The second-order valence-corrected chi connectivity index (χ2v) is 4.52. The fraction of sp³-hybridized carbons (Fsp3) is 0.235. The van der Waals surface area contributed by atoms with Crippen molar-refractivity contribution >= 4 is 11.6 Å². The Labute approximate surface area is 129 Å². The summed E-state index contributed by atoms with van der Waals surface area (Å²) < 4.78 is 11.0. The van der Waals surface area contributed by atoms with Gasteiger partial charge >= 0.3 is 0 Å². The van der Waals surface area contributed by atoms with Gasteiger partial charge in [0.15, 0.2) is 0 Å². The van der Waals surface area contributed by atoms with Crippen molar-refractivity contribution in [3.63, 3.8) is 0 Å². The van der Waals surface area contributed by atoms with Crippen LogP contribution in [0.15, 0.2) is 42.7 Å². The molecule has 0 aliphatic heterocycles. The Bertz CT molecular complexity index is 632. The maximum Gasteiger partial charge on any atom is 0.135 e. The Balaban J connectivity index is 2.04. The maximum atomic E-state index is 5.81. The Morgan fingerprint density at radius 2 is 2.19 bits per heavy atom. The quantitative estimate of drug-likeness (QED) is 0.627. The van der Waals surface area contributed by atoms with Crippen LogP contribution in [0.25, 0.3) is 0 Å². The molecule has 0 unspecified atom stereocenters. The van der Waals surface area contributed by atoms with Gasteiger partial charge in [0.1, 0.15) is 11.5 Å². The number of hydrogen-bond donors (Lipinski definition) is 0. The third-order valence-corrected chi connectivity index (χ3v) is 2.98. The van der Waals surface area contributed by atoms with E-state index in [1.165, 1.54) is 0 Å². The molecule has 0 amide bonds. The zero-order chi connectivity index (χ0) is 14.9. The predicted octanol–water partition coefficient (Wildman–Crippen LogP) is 3.30. The van der Waals surface area contributed by atoms with Crippen LogP contribution in [0.3, 0.4) is 0 Å². The number of benzene rings is 1. The van der Waals surface area contributed by atoms with Gasteiger partial charge in [0.25, 0.3) is 0 Å². The van der Waals surface area contributed by atoms with Crippen molar-refractivity contribution in [2.24, 2.45) is 0 Å². The number of halogens is 1. The first-order chi connectivity index (χ1) is 10.3. The first-order valence-electron chi connectivity index (χ1n) is 6.58. The molecule has 0 saturated carbocycles. The first kappa shape index (κ1) is 15.2. The number of pyridine rings is 1. The van der Waals surface area contributed by atoms with Gasteiger partial charge < -0.3 is 9.47 Å². The normalized spacial score (nSPS) is 9.62. The molecule has 0 N–H and O–H groups in total. The van der Waals surface area contributed by atoms with E-state index in [1.54, 1.807) is 13.3 Å². The minimum Gasteiger partial charge on any atom is -0.497 e. The highest BCUT2D eigenvalue weighted by Gasteiger charge is 2.04. The summed E-state index contributed by atoms with van der Waals surface area (Å²) in [6, 6.07) is 9.50. The molecule has 21 heavy (non-hydrogen) atoms. The molecule has 1 aromatic carbocycles. The van der Waals surface area contributed by atoms with E-state index in [-0.39, 0.29) is 5.88 Å². The van der Waals surface area contributed by atoms with Crippen LogP contribution in [0.5, 0.6) is 11.5 Å². The molecule has 2 rings (SSSR count). The van der Waals surface area contributed by atoms with Crippen LogP contribution >= 0.6 is 11.6 Å². The Morgan fingerprint density at radius 3 is 2.90 bits per heavy atom. The largest absolute Gasteiger partial charge is 0.497 e. The van der Waals surface area contributed by atoms with Crippen LogP contribution in [-0.2, 0) is 6.42 Å². The van der Waals surface area contributed by atoms with Gasteiger partial charge in [-0.05, 0) is 29.8 Å². The molecule has 0 atom stereocenters. The minimum atomic E-state index is 0.284. The molecule has 4 heteroatoms. The molecule has 0 radical (unpaired) electrons. The van der Waals surface area contributed by atoms with E-state index >= 15 is 0 Å². The molecule has 0 saturated heterocycles. The average Bonchev–Trinajstić information content (AvgIpc) is 2.54. The zero-order valence-corrected chi connectivity index (χ0v) is 12.6. The summed E-state index contributed by atoms with van der Waals surface area (Å²) in [6.45, 7) is 0.563. The Morgan fingerprint density at radius 1 is 1.29 bits per heavy atom. The Kier molecular flexibility index (Phi) is 5.93. The summed E-state index contributed by atoms with van der Waals surface area (Å²) in [4.78, 5) is 4.08. The van der Waals surface area contributed by atoms with Gasteiger partial charge in [-0.15, -0.1) is 11.6 Å².